The van der Waals surface area contributed by atoms with Gasteiger partial charge in [0.15, 0.2) is 11.6 Å². The van der Waals surface area contributed by atoms with Crippen molar-refractivity contribution in [2.24, 2.45) is 11.3 Å². The van der Waals surface area contributed by atoms with E-state index in [1.807, 2.05) is 16.9 Å². The molecule has 0 amide bonds. The second-order valence-electron chi connectivity index (χ2n) is 10.5. The Balaban J connectivity index is 1.06. The van der Waals surface area contributed by atoms with Crippen LogP contribution in [0.4, 0.5) is 14.6 Å². The van der Waals surface area contributed by atoms with Gasteiger partial charge in [0.2, 0.25) is 0 Å². The average Bonchev–Trinajstić information content (AvgIpc) is 3.13. The van der Waals surface area contributed by atoms with Crippen molar-refractivity contribution in [3.05, 3.63) is 24.5 Å². The molecule has 0 aromatic carbocycles. The summed E-state index contributed by atoms with van der Waals surface area (Å²) in [5.41, 5.74) is 7.45. The second kappa shape index (κ2) is 7.91. The molecule has 178 valence electrons. The number of morpholine rings is 1. The number of ether oxygens (including phenoxy) is 2. The van der Waals surface area contributed by atoms with Crippen LogP contribution in [0.15, 0.2) is 24.5 Å². The van der Waals surface area contributed by atoms with Crippen molar-refractivity contribution in [1.29, 1.82) is 0 Å². The van der Waals surface area contributed by atoms with Gasteiger partial charge in [0.1, 0.15) is 0 Å². The number of rotatable bonds is 8. The number of nitrogens with two attached hydrogens (primary N) is 1. The third-order valence-electron chi connectivity index (χ3n) is 8.37. The lowest BCUT2D eigenvalue weighted by molar-refractivity contribution is -0.188. The molecule has 7 rings (SSSR count). The summed E-state index contributed by atoms with van der Waals surface area (Å²) in [7, 11) is 0. The van der Waals surface area contributed by atoms with Gasteiger partial charge in [-0.3, -0.25) is 9.58 Å². The number of anilines is 1. The topological polar surface area (TPSA) is 78.4 Å². The Bertz CT molecular complexity index is 1020. The average molecular weight is 460 g/mol. The molecule has 7 nitrogen and oxygen atoms in total. The zero-order valence-corrected chi connectivity index (χ0v) is 18.9. The Morgan fingerprint density at radius 3 is 2.82 bits per heavy atom. The highest BCUT2D eigenvalue weighted by atomic mass is 19.3. The number of pyridine rings is 1. The number of fused-ring (bicyclic) bond motifs is 3. The summed E-state index contributed by atoms with van der Waals surface area (Å²) in [5.74, 6) is 0.697. The first-order valence-electron chi connectivity index (χ1n) is 12.0. The molecule has 0 radical (unpaired) electrons. The molecule has 3 saturated heterocycles. The van der Waals surface area contributed by atoms with E-state index in [2.05, 4.69) is 26.6 Å². The molecule has 5 aliphatic rings. The smallest absolute Gasteiger partial charge is 0.387 e. The minimum absolute atomic E-state index is 0.0610. The monoisotopic (exact) mass is 459 g/mol. The molecule has 2 saturated carbocycles. The van der Waals surface area contributed by atoms with E-state index in [4.69, 9.17) is 10.5 Å². The molecular formula is C24H31F2N5O2. The van der Waals surface area contributed by atoms with Gasteiger partial charge in [-0.1, -0.05) is 0 Å². The van der Waals surface area contributed by atoms with Gasteiger partial charge in [-0.25, -0.2) is 4.98 Å². The maximum atomic E-state index is 12.6. The number of nitrogen functional groups attached to an aromatic ring is 1. The highest BCUT2D eigenvalue weighted by Crippen LogP contribution is 2.67. The summed E-state index contributed by atoms with van der Waals surface area (Å²) in [4.78, 5) is 6.68. The fraction of sp³-hybridized carbons (Fsp3) is 0.667. The van der Waals surface area contributed by atoms with Crippen molar-refractivity contribution >= 4 is 5.82 Å². The molecule has 9 heteroatoms. The predicted molar refractivity (Wildman–Crippen MR) is 119 cm³/mol. The van der Waals surface area contributed by atoms with Gasteiger partial charge in [-0.15, -0.1) is 0 Å². The number of alkyl halides is 2. The lowest BCUT2D eigenvalue weighted by atomic mass is 9.91. The van der Waals surface area contributed by atoms with Crippen LogP contribution in [0.25, 0.3) is 11.3 Å². The first-order valence-corrected chi connectivity index (χ1v) is 12.0. The number of hydrogen-bond acceptors (Lipinski definition) is 6. The number of hydrogen-bond donors (Lipinski definition) is 1. The minimum Gasteiger partial charge on any atom is -0.431 e. The van der Waals surface area contributed by atoms with Crippen LogP contribution in [0.5, 0.6) is 5.75 Å². The van der Waals surface area contributed by atoms with Gasteiger partial charge < -0.3 is 15.2 Å². The molecule has 33 heavy (non-hydrogen) atoms. The summed E-state index contributed by atoms with van der Waals surface area (Å²) in [5, 5.41) is 4.68. The highest BCUT2D eigenvalue weighted by molar-refractivity contribution is 5.63. The van der Waals surface area contributed by atoms with Crippen LogP contribution in [0.3, 0.4) is 0 Å². The normalized spacial score (nSPS) is 33.6. The molecule has 2 aliphatic carbocycles. The van der Waals surface area contributed by atoms with Crippen molar-refractivity contribution < 1.29 is 18.3 Å². The number of piperidine rings is 1. The van der Waals surface area contributed by atoms with Crippen molar-refractivity contribution in [1.82, 2.24) is 19.7 Å². The van der Waals surface area contributed by atoms with Gasteiger partial charge >= 0.3 is 6.61 Å². The molecule has 6 atom stereocenters. The summed E-state index contributed by atoms with van der Waals surface area (Å²) in [6.45, 7) is 1.50. The van der Waals surface area contributed by atoms with Crippen molar-refractivity contribution in [2.45, 2.75) is 76.4 Å². The van der Waals surface area contributed by atoms with Crippen LogP contribution in [0.1, 0.15) is 51.5 Å². The van der Waals surface area contributed by atoms with E-state index in [0.29, 0.717) is 28.9 Å². The Morgan fingerprint density at radius 1 is 1.27 bits per heavy atom. The van der Waals surface area contributed by atoms with Gasteiger partial charge in [-0.05, 0) is 62.5 Å². The van der Waals surface area contributed by atoms with Crippen LogP contribution in [0, 0.1) is 11.3 Å². The molecule has 2 aromatic heterocycles. The Labute approximate surface area is 192 Å². The molecule has 5 heterocycles. The standard InChI is InChI=1S/C24H31F2N5O2/c1-14(31-5-3-20(29-31)15-6-21(33-23(25)26)22(27)28-11-15)2-4-24-9-16(24)7-17(10-24)30-12-18-8-19(13-30)32-18/h3,5-6,11,14,16-19,23H,2,4,7-10,12-13H2,1H3,(H2,27,28)/t14?,16-,17-,18?,19?,24-/m0/s1. The number of halogens is 2. The lowest BCUT2D eigenvalue weighted by Gasteiger charge is -2.49. The number of aromatic nitrogens is 3. The fourth-order valence-corrected chi connectivity index (χ4v) is 6.42. The number of nitrogens with zero attached hydrogens (tertiary/aromatic N) is 4. The molecule has 3 unspecified atom stereocenters. The van der Waals surface area contributed by atoms with E-state index in [-0.39, 0.29) is 17.6 Å². The molecule has 2 bridgehead atoms. The van der Waals surface area contributed by atoms with E-state index < -0.39 is 6.61 Å². The van der Waals surface area contributed by atoms with E-state index in [1.54, 1.807) is 0 Å². The molecule has 2 N–H and O–H groups in total. The molecule has 0 spiro atoms. The van der Waals surface area contributed by atoms with Crippen molar-refractivity contribution in [2.75, 3.05) is 18.8 Å². The maximum absolute atomic E-state index is 12.6. The molecule has 2 aromatic rings. The van der Waals surface area contributed by atoms with Crippen LogP contribution in [-0.4, -0.2) is 57.6 Å². The zero-order valence-electron chi connectivity index (χ0n) is 18.9. The van der Waals surface area contributed by atoms with Gasteiger partial charge in [0.05, 0.1) is 17.9 Å². The van der Waals surface area contributed by atoms with Crippen LogP contribution >= 0.6 is 0 Å². The minimum atomic E-state index is -2.95. The quantitative estimate of drug-likeness (QED) is 0.640. The first-order chi connectivity index (χ1) is 15.9. The summed E-state index contributed by atoms with van der Waals surface area (Å²) in [6, 6.07) is 4.35. The Kier molecular flexibility index (Phi) is 5.10. The largest absolute Gasteiger partial charge is 0.431 e. The van der Waals surface area contributed by atoms with Crippen molar-refractivity contribution in [3.8, 4) is 17.0 Å². The lowest BCUT2D eigenvalue weighted by Crippen LogP contribution is -2.59. The second-order valence-corrected chi connectivity index (χ2v) is 10.5. The molecular weight excluding hydrogens is 428 g/mol. The third kappa shape index (κ3) is 3.99. The Hall–Kier alpha value is -2.26. The van der Waals surface area contributed by atoms with Gasteiger partial charge in [0, 0.05) is 49.6 Å². The van der Waals surface area contributed by atoms with Crippen LogP contribution in [-0.2, 0) is 4.74 Å². The van der Waals surface area contributed by atoms with Crippen LogP contribution in [0.2, 0.25) is 0 Å². The van der Waals surface area contributed by atoms with E-state index in [9.17, 15) is 8.78 Å². The Morgan fingerprint density at radius 2 is 2.06 bits per heavy atom. The van der Waals surface area contributed by atoms with Gasteiger partial charge in [-0.2, -0.15) is 13.9 Å². The molecule has 3 aliphatic heterocycles. The summed E-state index contributed by atoms with van der Waals surface area (Å²) < 4.78 is 37.5. The zero-order chi connectivity index (χ0) is 22.7. The fourth-order valence-electron chi connectivity index (χ4n) is 6.42. The van der Waals surface area contributed by atoms with Gasteiger partial charge in [0.25, 0.3) is 0 Å². The highest BCUT2D eigenvalue weighted by Gasteiger charge is 2.60. The van der Waals surface area contributed by atoms with Crippen molar-refractivity contribution in [3.63, 3.8) is 0 Å². The predicted octanol–water partition coefficient (Wildman–Crippen LogP) is 4.11. The molecule has 5 fully saturated rings. The third-order valence-corrected chi connectivity index (χ3v) is 8.37. The summed E-state index contributed by atoms with van der Waals surface area (Å²) in [6.07, 6.45) is 12.1. The summed E-state index contributed by atoms with van der Waals surface area (Å²) >= 11 is 0. The van der Waals surface area contributed by atoms with E-state index in [1.165, 1.54) is 44.4 Å². The van der Waals surface area contributed by atoms with Crippen LogP contribution < -0.4 is 10.5 Å². The van der Waals surface area contributed by atoms with E-state index in [0.717, 1.165) is 31.5 Å². The first kappa shape index (κ1) is 21.3. The van der Waals surface area contributed by atoms with E-state index >= 15 is 0 Å². The SMILES string of the molecule is CC(CC[C@]12C[C@@H](N3CC4CC(C3)O4)C[C@H]1C2)n1ccc(-c2cnc(N)c(OC(F)F)c2)n1. The maximum Gasteiger partial charge on any atom is 0.387 e.